The topological polar surface area (TPSA) is 56.8 Å². The molecule has 1 aliphatic rings. The fraction of sp³-hybridized carbons (Fsp3) is 0.375. The predicted octanol–water partition coefficient (Wildman–Crippen LogP) is 4.73. The number of carbonyl (C=O) groups is 1. The van der Waals surface area contributed by atoms with Crippen molar-refractivity contribution in [3.8, 4) is 11.5 Å². The molecule has 0 unspecified atom stereocenters. The van der Waals surface area contributed by atoms with Crippen molar-refractivity contribution in [2.24, 2.45) is 0 Å². The lowest BCUT2D eigenvalue weighted by Gasteiger charge is -2.38. The molecule has 2 aromatic rings. The van der Waals surface area contributed by atoms with Crippen LogP contribution < -0.4 is 14.8 Å². The minimum atomic E-state index is -0.157. The van der Waals surface area contributed by atoms with Gasteiger partial charge in [0, 0.05) is 29.6 Å². The first-order valence-corrected chi connectivity index (χ1v) is 10.9. The smallest absolute Gasteiger partial charge is 0.257 e. The summed E-state index contributed by atoms with van der Waals surface area (Å²) in [5.74, 6) is 0.998. The van der Waals surface area contributed by atoms with Crippen LogP contribution in [0.2, 0.25) is 0 Å². The third-order valence-corrected chi connectivity index (χ3v) is 5.91. The zero-order valence-corrected chi connectivity index (χ0v) is 19.0. The molecular weight excluding hydrogens is 446 g/mol. The fourth-order valence-electron chi connectivity index (χ4n) is 3.71. The zero-order chi connectivity index (χ0) is 21.4. The number of nitrogens with one attached hydrogen (secondary N) is 1. The number of halogens is 1. The summed E-state index contributed by atoms with van der Waals surface area (Å²) < 4.78 is 17.7. The van der Waals surface area contributed by atoms with E-state index in [1.807, 2.05) is 49.4 Å². The largest absolute Gasteiger partial charge is 0.493 e. The Morgan fingerprint density at radius 3 is 2.70 bits per heavy atom. The van der Waals surface area contributed by atoms with Gasteiger partial charge in [0.15, 0.2) is 18.1 Å². The van der Waals surface area contributed by atoms with Gasteiger partial charge in [-0.05, 0) is 55.2 Å². The maximum absolute atomic E-state index is 12.5. The number of allylic oxidation sites excluding steroid dienone is 1. The van der Waals surface area contributed by atoms with Crippen molar-refractivity contribution in [3.63, 3.8) is 0 Å². The Hall–Kier alpha value is -2.31. The van der Waals surface area contributed by atoms with Gasteiger partial charge in [0.2, 0.25) is 0 Å². The fourth-order valence-corrected chi connectivity index (χ4v) is 4.11. The summed E-state index contributed by atoms with van der Waals surface area (Å²) >= 11 is 3.56. The minimum absolute atomic E-state index is 0.0651. The van der Waals surface area contributed by atoms with Gasteiger partial charge >= 0.3 is 0 Å². The Labute approximate surface area is 186 Å². The standard InChI is InChI=1S/C24H28BrNO4/c1-3-5-18-8-9-21(22(14-18)28-2)30-16-23(27)26-17-24(10-12-29-13-11-24)19-6-4-7-20(25)15-19/h3-9,14-15H,10-13,16-17H2,1-2H3,(H,26,27)/b5-3+. The molecule has 1 aliphatic heterocycles. The lowest BCUT2D eigenvalue weighted by atomic mass is 9.74. The highest BCUT2D eigenvalue weighted by molar-refractivity contribution is 9.10. The van der Waals surface area contributed by atoms with Crippen molar-refractivity contribution in [3.05, 3.63) is 64.1 Å². The summed E-state index contributed by atoms with van der Waals surface area (Å²) in [4.78, 5) is 12.5. The zero-order valence-electron chi connectivity index (χ0n) is 17.4. The molecule has 30 heavy (non-hydrogen) atoms. The van der Waals surface area contributed by atoms with Gasteiger partial charge < -0.3 is 19.5 Å². The van der Waals surface area contributed by atoms with Crippen LogP contribution in [0.5, 0.6) is 11.5 Å². The van der Waals surface area contributed by atoms with Gasteiger partial charge in [-0.1, -0.05) is 46.3 Å². The number of hydrogen-bond donors (Lipinski definition) is 1. The Kier molecular flexibility index (Phi) is 7.94. The van der Waals surface area contributed by atoms with Crippen LogP contribution in [0.25, 0.3) is 6.08 Å². The Morgan fingerprint density at radius 1 is 1.20 bits per heavy atom. The molecule has 160 valence electrons. The molecule has 0 radical (unpaired) electrons. The molecule has 2 aromatic carbocycles. The number of benzene rings is 2. The molecular formula is C24H28BrNO4. The summed E-state index contributed by atoms with van der Waals surface area (Å²) in [5.41, 5.74) is 2.09. The molecule has 1 heterocycles. The highest BCUT2D eigenvalue weighted by Gasteiger charge is 2.35. The summed E-state index contributed by atoms with van der Waals surface area (Å²) in [7, 11) is 1.59. The van der Waals surface area contributed by atoms with Crippen LogP contribution in [-0.4, -0.2) is 39.4 Å². The normalized spacial score (nSPS) is 15.7. The second-order valence-electron chi connectivity index (χ2n) is 7.38. The van der Waals surface area contributed by atoms with Crippen LogP contribution >= 0.6 is 15.9 Å². The number of amides is 1. The maximum atomic E-state index is 12.5. The van der Waals surface area contributed by atoms with E-state index in [1.54, 1.807) is 7.11 Å². The lowest BCUT2D eigenvalue weighted by Crippen LogP contribution is -2.45. The highest BCUT2D eigenvalue weighted by atomic mass is 79.9. The van der Waals surface area contributed by atoms with Gasteiger partial charge in [0.1, 0.15) is 0 Å². The van der Waals surface area contributed by atoms with Crippen molar-refractivity contribution in [1.29, 1.82) is 0 Å². The van der Waals surface area contributed by atoms with E-state index in [9.17, 15) is 4.79 Å². The summed E-state index contributed by atoms with van der Waals surface area (Å²) in [5, 5.41) is 3.06. The van der Waals surface area contributed by atoms with E-state index in [2.05, 4.69) is 33.4 Å². The van der Waals surface area contributed by atoms with Crippen LogP contribution in [-0.2, 0) is 14.9 Å². The van der Waals surface area contributed by atoms with Gasteiger partial charge in [-0.25, -0.2) is 0 Å². The van der Waals surface area contributed by atoms with Crippen molar-refractivity contribution >= 4 is 27.9 Å². The van der Waals surface area contributed by atoms with Crippen molar-refractivity contribution in [2.45, 2.75) is 25.2 Å². The first kappa shape index (κ1) is 22.4. The van der Waals surface area contributed by atoms with E-state index in [0.717, 1.165) is 22.9 Å². The molecule has 0 atom stereocenters. The van der Waals surface area contributed by atoms with Crippen LogP contribution in [0, 0.1) is 0 Å². The molecule has 1 N–H and O–H groups in total. The Balaban J connectivity index is 1.63. The number of hydrogen-bond acceptors (Lipinski definition) is 4. The Morgan fingerprint density at radius 2 is 2.00 bits per heavy atom. The van der Waals surface area contributed by atoms with Crippen molar-refractivity contribution < 1.29 is 19.0 Å². The number of carbonyl (C=O) groups excluding carboxylic acids is 1. The van der Waals surface area contributed by atoms with E-state index in [-0.39, 0.29) is 17.9 Å². The number of methoxy groups -OCH3 is 1. The average Bonchev–Trinajstić information content (AvgIpc) is 2.77. The second-order valence-corrected chi connectivity index (χ2v) is 8.29. The van der Waals surface area contributed by atoms with Gasteiger partial charge in [0.25, 0.3) is 5.91 Å². The third kappa shape index (κ3) is 5.64. The molecule has 0 aliphatic carbocycles. The van der Waals surface area contributed by atoms with Gasteiger partial charge in [-0.2, -0.15) is 0 Å². The molecule has 0 spiro atoms. The quantitative estimate of drug-likeness (QED) is 0.601. The lowest BCUT2D eigenvalue weighted by molar-refractivity contribution is -0.123. The average molecular weight is 474 g/mol. The molecule has 0 bridgehead atoms. The first-order valence-electron chi connectivity index (χ1n) is 10.1. The minimum Gasteiger partial charge on any atom is -0.493 e. The number of rotatable bonds is 8. The SMILES string of the molecule is C/C=C/c1ccc(OCC(=O)NCC2(c3cccc(Br)c3)CCOCC2)c(OC)c1. The van der Waals surface area contributed by atoms with Gasteiger partial charge in [0.05, 0.1) is 7.11 Å². The first-order chi connectivity index (χ1) is 14.6. The third-order valence-electron chi connectivity index (χ3n) is 5.42. The molecule has 1 fully saturated rings. The van der Waals surface area contributed by atoms with E-state index < -0.39 is 0 Å². The van der Waals surface area contributed by atoms with Crippen molar-refractivity contribution in [1.82, 2.24) is 5.32 Å². The molecule has 1 saturated heterocycles. The maximum Gasteiger partial charge on any atom is 0.257 e. The monoisotopic (exact) mass is 473 g/mol. The van der Waals surface area contributed by atoms with Crippen LogP contribution in [0.4, 0.5) is 0 Å². The molecule has 5 nitrogen and oxygen atoms in total. The second kappa shape index (κ2) is 10.6. The molecule has 1 amide bonds. The molecule has 0 aromatic heterocycles. The summed E-state index contributed by atoms with van der Waals surface area (Å²) in [6.45, 7) is 3.82. The number of ether oxygens (including phenoxy) is 3. The highest BCUT2D eigenvalue weighted by Crippen LogP contribution is 2.35. The van der Waals surface area contributed by atoms with Crippen molar-refractivity contribution in [2.75, 3.05) is 33.5 Å². The van der Waals surface area contributed by atoms with E-state index in [4.69, 9.17) is 14.2 Å². The molecule has 0 saturated carbocycles. The molecule has 6 heteroatoms. The van der Waals surface area contributed by atoms with Crippen LogP contribution in [0.15, 0.2) is 53.0 Å². The van der Waals surface area contributed by atoms with E-state index in [1.165, 1.54) is 5.56 Å². The van der Waals surface area contributed by atoms with Crippen LogP contribution in [0.1, 0.15) is 30.9 Å². The summed E-state index contributed by atoms with van der Waals surface area (Å²) in [6, 6.07) is 13.9. The Bertz CT molecular complexity index is 891. The van der Waals surface area contributed by atoms with Crippen LogP contribution in [0.3, 0.4) is 0 Å². The van der Waals surface area contributed by atoms with E-state index in [0.29, 0.717) is 31.3 Å². The van der Waals surface area contributed by atoms with Gasteiger partial charge in [-0.15, -0.1) is 0 Å². The van der Waals surface area contributed by atoms with Gasteiger partial charge in [-0.3, -0.25) is 4.79 Å². The predicted molar refractivity (Wildman–Crippen MR) is 122 cm³/mol. The van der Waals surface area contributed by atoms with E-state index >= 15 is 0 Å². The summed E-state index contributed by atoms with van der Waals surface area (Å²) in [6.07, 6.45) is 5.67. The molecule has 3 rings (SSSR count).